The molecule has 1 aliphatic carbocycles. The molecule has 10 heteroatoms. The molecule has 7 rings (SSSR count). The lowest BCUT2D eigenvalue weighted by Gasteiger charge is -2.60. The van der Waals surface area contributed by atoms with Crippen LogP contribution < -0.4 is 9.80 Å². The van der Waals surface area contributed by atoms with Crippen molar-refractivity contribution in [3.05, 3.63) is 58.5 Å². The van der Waals surface area contributed by atoms with Crippen molar-refractivity contribution in [2.24, 2.45) is 5.41 Å². The van der Waals surface area contributed by atoms with E-state index in [0.29, 0.717) is 23.8 Å². The second kappa shape index (κ2) is 7.17. The molecule has 0 amide bonds. The van der Waals surface area contributed by atoms with Crippen molar-refractivity contribution in [2.45, 2.75) is 31.5 Å². The second-order valence-electron chi connectivity index (χ2n) is 10.2. The summed E-state index contributed by atoms with van der Waals surface area (Å²) in [4.78, 5) is 11.2. The Kier molecular flexibility index (Phi) is 4.24. The fourth-order valence-corrected chi connectivity index (χ4v) is 6.00. The van der Waals surface area contributed by atoms with E-state index in [1.165, 1.54) is 0 Å². The molecule has 2 aromatic heterocycles. The summed E-state index contributed by atoms with van der Waals surface area (Å²) in [6, 6.07) is 16.2. The van der Waals surface area contributed by atoms with Gasteiger partial charge in [0, 0.05) is 43.2 Å². The van der Waals surface area contributed by atoms with Gasteiger partial charge < -0.3 is 9.80 Å². The summed E-state index contributed by atoms with van der Waals surface area (Å²) in [5, 5.41) is 28.8. The number of fused-ring (bicyclic) bond motifs is 3. The van der Waals surface area contributed by atoms with E-state index >= 15 is 0 Å². The van der Waals surface area contributed by atoms with Gasteiger partial charge in [0.2, 0.25) is 5.95 Å². The zero-order valence-corrected chi connectivity index (χ0v) is 19.8. The summed E-state index contributed by atoms with van der Waals surface area (Å²) in [5.41, 5.74) is 2.37. The second-order valence-corrected chi connectivity index (χ2v) is 10.7. The minimum atomic E-state index is -0.409. The Labute approximate surface area is 207 Å². The van der Waals surface area contributed by atoms with Crippen LogP contribution in [0.1, 0.15) is 29.9 Å². The maximum atomic E-state index is 9.82. The fraction of sp³-hybridized carbons (Fsp3) is 0.400. The van der Waals surface area contributed by atoms with E-state index in [1.54, 1.807) is 6.07 Å². The fourth-order valence-electron chi connectivity index (χ4n) is 5.80. The quantitative estimate of drug-likeness (QED) is 0.560. The zero-order valence-electron chi connectivity index (χ0n) is 19.0. The molecular formula is C25H22ClN9. The van der Waals surface area contributed by atoms with Gasteiger partial charge in [-0.05, 0) is 48.7 Å². The molecule has 3 fully saturated rings. The number of nitrogens with zero attached hydrogens (tertiary/aromatic N) is 9. The summed E-state index contributed by atoms with van der Waals surface area (Å²) >= 11 is 6.37. The van der Waals surface area contributed by atoms with E-state index in [-0.39, 0.29) is 5.41 Å². The Morgan fingerprint density at radius 3 is 2.49 bits per heavy atom. The Bertz CT molecular complexity index is 1430. The van der Waals surface area contributed by atoms with Gasteiger partial charge in [-0.3, -0.25) is 9.47 Å². The van der Waals surface area contributed by atoms with Crippen molar-refractivity contribution >= 4 is 23.4 Å². The molecule has 4 aliphatic rings. The molecule has 3 aliphatic heterocycles. The minimum absolute atomic E-state index is 0.204. The largest absolute Gasteiger partial charge is 0.355 e. The summed E-state index contributed by atoms with van der Waals surface area (Å²) in [7, 11) is 0. The standard InChI is InChI=1S/C25H22ClN9/c26-18-4-5-20-17(8-18)10-34(25(12-28)6-7-25)11-22-30-31-23(35(20)22)33-15-24(16-33)13-32(14-24)21-3-1-2-19(9-27)29-21/h1-5,8H,6-7,10-11,13-16H2. The highest BCUT2D eigenvalue weighted by Gasteiger charge is 2.54. The van der Waals surface area contributed by atoms with E-state index in [0.717, 1.165) is 67.9 Å². The zero-order chi connectivity index (χ0) is 23.8. The van der Waals surface area contributed by atoms with Crippen LogP contribution in [0.2, 0.25) is 5.02 Å². The molecule has 174 valence electrons. The van der Waals surface area contributed by atoms with Crippen molar-refractivity contribution < 1.29 is 0 Å². The summed E-state index contributed by atoms with van der Waals surface area (Å²) in [6.07, 6.45) is 1.77. The van der Waals surface area contributed by atoms with Crippen molar-refractivity contribution in [3.63, 3.8) is 0 Å². The van der Waals surface area contributed by atoms with Crippen molar-refractivity contribution in [2.75, 3.05) is 36.0 Å². The third-order valence-electron chi connectivity index (χ3n) is 7.79. The molecule has 2 saturated heterocycles. The van der Waals surface area contributed by atoms with E-state index in [4.69, 9.17) is 16.9 Å². The Balaban J connectivity index is 1.15. The molecule has 3 aromatic rings. The predicted octanol–water partition coefficient (Wildman–Crippen LogP) is 2.89. The summed E-state index contributed by atoms with van der Waals surface area (Å²) in [6.45, 7) is 4.87. The highest BCUT2D eigenvalue weighted by atomic mass is 35.5. The third-order valence-corrected chi connectivity index (χ3v) is 8.02. The minimum Gasteiger partial charge on any atom is -0.355 e. The number of pyridine rings is 1. The van der Waals surface area contributed by atoms with Crippen LogP contribution in [0.15, 0.2) is 36.4 Å². The van der Waals surface area contributed by atoms with E-state index < -0.39 is 5.54 Å². The number of rotatable bonds is 3. The van der Waals surface area contributed by atoms with Gasteiger partial charge in [0.1, 0.15) is 23.1 Å². The summed E-state index contributed by atoms with van der Waals surface area (Å²) < 4.78 is 2.15. The highest BCUT2D eigenvalue weighted by molar-refractivity contribution is 6.30. The van der Waals surface area contributed by atoms with Crippen LogP contribution in [0, 0.1) is 28.1 Å². The van der Waals surface area contributed by atoms with E-state index in [2.05, 4.69) is 46.6 Å². The number of aromatic nitrogens is 4. The first-order chi connectivity index (χ1) is 17.0. The molecule has 9 nitrogen and oxygen atoms in total. The maximum Gasteiger partial charge on any atom is 0.231 e. The predicted molar refractivity (Wildman–Crippen MR) is 129 cm³/mol. The van der Waals surface area contributed by atoms with Crippen LogP contribution in [0.3, 0.4) is 0 Å². The van der Waals surface area contributed by atoms with E-state index in [1.807, 2.05) is 30.3 Å². The van der Waals surface area contributed by atoms with Gasteiger partial charge in [-0.2, -0.15) is 10.5 Å². The van der Waals surface area contributed by atoms with E-state index in [9.17, 15) is 5.26 Å². The topological polar surface area (TPSA) is 101 Å². The first-order valence-electron chi connectivity index (χ1n) is 11.8. The molecule has 5 heterocycles. The highest BCUT2D eigenvalue weighted by Crippen LogP contribution is 2.46. The van der Waals surface area contributed by atoms with Gasteiger partial charge in [-0.25, -0.2) is 4.98 Å². The Hall–Kier alpha value is -3.66. The van der Waals surface area contributed by atoms with Crippen LogP contribution in [-0.4, -0.2) is 56.4 Å². The number of halogens is 1. The summed E-state index contributed by atoms with van der Waals surface area (Å²) in [5.74, 6) is 2.57. The van der Waals surface area contributed by atoms with Crippen LogP contribution in [0.5, 0.6) is 0 Å². The van der Waals surface area contributed by atoms with Crippen molar-refractivity contribution in [3.8, 4) is 17.8 Å². The van der Waals surface area contributed by atoms with Gasteiger partial charge in [-0.15, -0.1) is 10.2 Å². The van der Waals surface area contributed by atoms with Gasteiger partial charge in [0.15, 0.2) is 5.82 Å². The van der Waals surface area contributed by atoms with Crippen LogP contribution in [-0.2, 0) is 13.1 Å². The average molecular weight is 484 g/mol. The first kappa shape index (κ1) is 20.7. The molecule has 0 bridgehead atoms. The Morgan fingerprint density at radius 1 is 0.943 bits per heavy atom. The molecule has 0 unspecified atom stereocenters. The SMILES string of the molecule is N#Cc1cccc(N2CC3(C2)CN(c2nnc4n2-c2ccc(Cl)cc2CN(C2(C#N)CC2)C4)C3)n1. The van der Waals surface area contributed by atoms with Crippen molar-refractivity contribution in [1.29, 1.82) is 10.5 Å². The first-order valence-corrected chi connectivity index (χ1v) is 12.2. The average Bonchev–Trinajstić information content (AvgIpc) is 3.55. The molecule has 0 radical (unpaired) electrons. The third kappa shape index (κ3) is 3.12. The monoisotopic (exact) mass is 483 g/mol. The lowest BCUT2D eigenvalue weighted by molar-refractivity contribution is 0.153. The molecule has 0 atom stereocenters. The number of benzene rings is 1. The lowest BCUT2D eigenvalue weighted by Crippen LogP contribution is -2.73. The molecule has 35 heavy (non-hydrogen) atoms. The van der Waals surface area contributed by atoms with Gasteiger partial charge in [0.05, 0.1) is 18.3 Å². The smallest absolute Gasteiger partial charge is 0.231 e. The molecule has 1 saturated carbocycles. The van der Waals surface area contributed by atoms with Gasteiger partial charge >= 0.3 is 0 Å². The van der Waals surface area contributed by atoms with Gasteiger partial charge in [-0.1, -0.05) is 17.7 Å². The number of nitriles is 2. The number of hydrogen-bond donors (Lipinski definition) is 0. The lowest BCUT2D eigenvalue weighted by atomic mass is 9.73. The van der Waals surface area contributed by atoms with Gasteiger partial charge in [0.25, 0.3) is 0 Å². The van der Waals surface area contributed by atoms with Crippen LogP contribution in [0.25, 0.3) is 5.69 Å². The molecule has 1 spiro atoms. The number of anilines is 2. The van der Waals surface area contributed by atoms with Crippen LogP contribution >= 0.6 is 11.6 Å². The Morgan fingerprint density at radius 2 is 1.74 bits per heavy atom. The molecular weight excluding hydrogens is 462 g/mol. The molecule has 1 aromatic carbocycles. The van der Waals surface area contributed by atoms with Crippen LogP contribution in [0.4, 0.5) is 11.8 Å². The number of hydrogen-bond acceptors (Lipinski definition) is 8. The normalized spacial score (nSPS) is 21.1. The molecule has 0 N–H and O–H groups in total. The van der Waals surface area contributed by atoms with Crippen molar-refractivity contribution in [1.82, 2.24) is 24.6 Å². The maximum absolute atomic E-state index is 9.82.